The topological polar surface area (TPSA) is 52.6 Å². The molecule has 5 nitrogen and oxygen atoms in total. The lowest BCUT2D eigenvalue weighted by Gasteiger charge is -2.30. The van der Waals surface area contributed by atoms with Crippen LogP contribution in [-0.4, -0.2) is 56.3 Å². The van der Waals surface area contributed by atoms with Gasteiger partial charge in [-0.2, -0.15) is 0 Å². The first kappa shape index (κ1) is 17.7. The third-order valence-corrected chi connectivity index (χ3v) is 6.31. The Hall–Kier alpha value is -1.10. The normalized spacial score (nSPS) is 33.8. The molecule has 24 heavy (non-hydrogen) atoms. The molecule has 5 atom stereocenters. The minimum absolute atomic E-state index is 0.0790. The average Bonchev–Trinajstić information content (AvgIpc) is 3.13. The van der Waals surface area contributed by atoms with E-state index in [0.717, 1.165) is 30.4 Å². The van der Waals surface area contributed by atoms with Crippen molar-refractivity contribution in [3.63, 3.8) is 0 Å². The molecule has 1 aliphatic heterocycles. The molecule has 0 aromatic rings. The molecule has 0 aromatic carbocycles. The molecule has 2 aliphatic carbocycles. The summed E-state index contributed by atoms with van der Waals surface area (Å²) in [4.78, 5) is 24.5. The number of rotatable bonds is 9. The van der Waals surface area contributed by atoms with Crippen LogP contribution >= 0.6 is 0 Å². The van der Waals surface area contributed by atoms with Gasteiger partial charge in [0, 0.05) is 5.92 Å². The van der Waals surface area contributed by atoms with Crippen molar-refractivity contribution in [3.8, 4) is 0 Å². The molecule has 0 aromatic heterocycles. The van der Waals surface area contributed by atoms with Gasteiger partial charge in [-0.1, -0.05) is 19.8 Å². The smallest absolute Gasteiger partial charge is 0.310 e. The van der Waals surface area contributed by atoms with Crippen LogP contribution < -0.4 is 0 Å². The standard InChI is InChI=1S/C19H32NO4/c1-4-5-6-7-8-20(2,3)9-10-23-18(21)16-13-11-14-15(12-13)24-19(22)17(14)16/h13-17H,4-12H2,1-3H3/q+1/t13-,14-,15+,16+,17-/m0/s1. The van der Waals surface area contributed by atoms with Crippen molar-refractivity contribution in [1.82, 2.24) is 0 Å². The molecule has 3 aliphatic rings. The summed E-state index contributed by atoms with van der Waals surface area (Å²) in [6.45, 7) is 4.61. The Morgan fingerprint density at radius 2 is 2.00 bits per heavy atom. The van der Waals surface area contributed by atoms with Crippen LogP contribution in [0.5, 0.6) is 0 Å². The van der Waals surface area contributed by atoms with E-state index in [1.807, 2.05) is 0 Å². The van der Waals surface area contributed by atoms with Gasteiger partial charge in [0.2, 0.25) is 0 Å². The van der Waals surface area contributed by atoms with Crippen molar-refractivity contribution in [3.05, 3.63) is 0 Å². The lowest BCUT2D eigenvalue weighted by Crippen LogP contribution is -2.44. The van der Waals surface area contributed by atoms with Gasteiger partial charge in [-0.15, -0.1) is 0 Å². The lowest BCUT2D eigenvalue weighted by molar-refractivity contribution is -0.890. The minimum Gasteiger partial charge on any atom is -0.462 e. The Morgan fingerprint density at radius 1 is 1.21 bits per heavy atom. The molecule has 0 N–H and O–H groups in total. The molecule has 2 saturated carbocycles. The highest BCUT2D eigenvalue weighted by Gasteiger charge is 2.64. The highest BCUT2D eigenvalue weighted by molar-refractivity contribution is 5.85. The Kier molecular flexibility index (Phi) is 5.19. The molecule has 3 rings (SSSR count). The van der Waals surface area contributed by atoms with E-state index in [-0.39, 0.29) is 35.8 Å². The summed E-state index contributed by atoms with van der Waals surface area (Å²) in [5.74, 6) is -0.250. The number of ether oxygens (including phenoxy) is 2. The fourth-order valence-corrected chi connectivity index (χ4v) is 4.89. The van der Waals surface area contributed by atoms with E-state index in [1.165, 1.54) is 25.7 Å². The molecule has 1 heterocycles. The van der Waals surface area contributed by atoms with Gasteiger partial charge in [0.15, 0.2) is 0 Å². The number of esters is 2. The number of likely N-dealkylation sites (N-methyl/N-ethyl adjacent to an activating group) is 1. The summed E-state index contributed by atoms with van der Waals surface area (Å²) in [6.07, 6.45) is 6.92. The maximum Gasteiger partial charge on any atom is 0.310 e. The fourth-order valence-electron chi connectivity index (χ4n) is 4.89. The number of carbonyl (C=O) groups excluding carboxylic acids is 2. The highest BCUT2D eigenvalue weighted by atomic mass is 16.6. The second-order valence-electron chi connectivity index (χ2n) is 8.53. The van der Waals surface area contributed by atoms with Crippen LogP contribution in [0.25, 0.3) is 0 Å². The van der Waals surface area contributed by atoms with Crippen molar-refractivity contribution in [2.45, 2.75) is 51.6 Å². The van der Waals surface area contributed by atoms with E-state index in [9.17, 15) is 9.59 Å². The quantitative estimate of drug-likeness (QED) is 0.368. The summed E-state index contributed by atoms with van der Waals surface area (Å²) in [7, 11) is 4.38. The number of unbranched alkanes of at least 4 members (excludes halogenated alkanes) is 3. The highest BCUT2D eigenvalue weighted by Crippen LogP contribution is 2.57. The third-order valence-electron chi connectivity index (χ3n) is 6.31. The van der Waals surface area contributed by atoms with Gasteiger partial charge in [0.05, 0.1) is 32.5 Å². The van der Waals surface area contributed by atoms with Gasteiger partial charge in [-0.25, -0.2) is 0 Å². The summed E-state index contributed by atoms with van der Waals surface area (Å²) in [5.41, 5.74) is 0. The summed E-state index contributed by atoms with van der Waals surface area (Å²) in [5, 5.41) is 0. The Bertz CT molecular complexity index is 488. The second-order valence-corrected chi connectivity index (χ2v) is 8.53. The molecule has 0 radical (unpaired) electrons. The molecule has 2 bridgehead atoms. The van der Waals surface area contributed by atoms with Crippen molar-refractivity contribution in [1.29, 1.82) is 0 Å². The molecule has 136 valence electrons. The number of fused-ring (bicyclic) bond motifs is 1. The first-order chi connectivity index (χ1) is 11.4. The Labute approximate surface area is 145 Å². The van der Waals surface area contributed by atoms with Crippen LogP contribution in [0.3, 0.4) is 0 Å². The molecule has 1 saturated heterocycles. The number of nitrogens with zero attached hydrogens (tertiary/aromatic N) is 1. The van der Waals surface area contributed by atoms with Gasteiger partial charge in [0.25, 0.3) is 0 Å². The second kappa shape index (κ2) is 7.03. The van der Waals surface area contributed by atoms with Crippen molar-refractivity contribution >= 4 is 11.9 Å². The van der Waals surface area contributed by atoms with Crippen molar-refractivity contribution in [2.75, 3.05) is 33.8 Å². The van der Waals surface area contributed by atoms with Crippen LogP contribution in [0.1, 0.15) is 45.4 Å². The number of hydrogen-bond acceptors (Lipinski definition) is 4. The van der Waals surface area contributed by atoms with E-state index in [4.69, 9.17) is 9.47 Å². The molecule has 5 heteroatoms. The van der Waals surface area contributed by atoms with Crippen molar-refractivity contribution < 1.29 is 23.5 Å². The molecule has 0 unspecified atom stereocenters. The van der Waals surface area contributed by atoms with Gasteiger partial charge in [-0.3, -0.25) is 9.59 Å². The fraction of sp³-hybridized carbons (Fsp3) is 0.895. The van der Waals surface area contributed by atoms with Crippen molar-refractivity contribution in [2.24, 2.45) is 23.7 Å². The zero-order valence-corrected chi connectivity index (χ0v) is 15.3. The number of carbonyl (C=O) groups is 2. The summed E-state index contributed by atoms with van der Waals surface area (Å²) < 4.78 is 11.8. The molecule has 0 spiro atoms. The predicted molar refractivity (Wildman–Crippen MR) is 90.0 cm³/mol. The first-order valence-corrected chi connectivity index (χ1v) is 9.62. The Balaban J connectivity index is 1.42. The van der Waals surface area contributed by atoms with E-state index >= 15 is 0 Å². The third kappa shape index (κ3) is 3.46. The number of hydrogen-bond donors (Lipinski definition) is 0. The van der Waals surface area contributed by atoms with E-state index in [2.05, 4.69) is 21.0 Å². The van der Waals surface area contributed by atoms with Gasteiger partial charge in [0.1, 0.15) is 19.3 Å². The van der Waals surface area contributed by atoms with Crippen LogP contribution in [-0.2, 0) is 19.1 Å². The van der Waals surface area contributed by atoms with Gasteiger partial charge in [-0.05, 0) is 31.6 Å². The summed E-state index contributed by atoms with van der Waals surface area (Å²) in [6, 6.07) is 0. The molecular weight excluding hydrogens is 306 g/mol. The SMILES string of the molecule is CCCCCC[N+](C)(C)CCOC(=O)[C@@H]1[C@H]2C[C@@H]3[C@@H]1C(=O)O[C@@H]3C2. The Morgan fingerprint density at radius 3 is 2.75 bits per heavy atom. The summed E-state index contributed by atoms with van der Waals surface area (Å²) >= 11 is 0. The molecule has 0 amide bonds. The van der Waals surface area contributed by atoms with Gasteiger partial charge < -0.3 is 14.0 Å². The number of quaternary nitrogens is 1. The van der Waals surface area contributed by atoms with Gasteiger partial charge >= 0.3 is 11.9 Å². The van der Waals surface area contributed by atoms with Crippen LogP contribution in [0, 0.1) is 23.7 Å². The molecular formula is C19H32NO4+. The van der Waals surface area contributed by atoms with E-state index < -0.39 is 0 Å². The van der Waals surface area contributed by atoms with E-state index in [1.54, 1.807) is 0 Å². The lowest BCUT2D eigenvalue weighted by atomic mass is 9.80. The van der Waals surface area contributed by atoms with E-state index in [0.29, 0.717) is 12.5 Å². The average molecular weight is 338 g/mol. The van der Waals surface area contributed by atoms with Crippen LogP contribution in [0.2, 0.25) is 0 Å². The maximum absolute atomic E-state index is 12.5. The van der Waals surface area contributed by atoms with Crippen LogP contribution in [0.4, 0.5) is 0 Å². The zero-order valence-electron chi connectivity index (χ0n) is 15.3. The monoisotopic (exact) mass is 338 g/mol. The molecule has 3 fully saturated rings. The maximum atomic E-state index is 12.5. The predicted octanol–water partition coefficient (Wildman–Crippen LogP) is 2.38. The van der Waals surface area contributed by atoms with Crippen LogP contribution in [0.15, 0.2) is 0 Å². The minimum atomic E-state index is -0.249. The first-order valence-electron chi connectivity index (χ1n) is 9.62. The zero-order chi connectivity index (χ0) is 17.3. The largest absolute Gasteiger partial charge is 0.462 e.